The first-order valence-corrected chi connectivity index (χ1v) is 12.2. The molecule has 0 spiro atoms. The van der Waals surface area contributed by atoms with Gasteiger partial charge in [0, 0.05) is 12.8 Å². The largest absolute Gasteiger partial charge is 0.393 e. The van der Waals surface area contributed by atoms with E-state index in [0.29, 0.717) is 23.7 Å². The third kappa shape index (κ3) is 23.3. The Morgan fingerprint density at radius 1 is 0.483 bits per heavy atom. The minimum Gasteiger partial charge on any atom is -0.393 e. The number of hydrogen-bond donors (Lipinski definition) is 0. The van der Waals surface area contributed by atoms with Crippen molar-refractivity contribution in [1.29, 1.82) is 0 Å². The molecule has 29 heavy (non-hydrogen) atoms. The molecule has 172 valence electrons. The molecule has 0 aromatic carbocycles. The monoisotopic (exact) mass is 410 g/mol. The van der Waals surface area contributed by atoms with Crippen LogP contribution in [0.3, 0.4) is 0 Å². The predicted molar refractivity (Wildman–Crippen MR) is 124 cm³/mol. The first-order chi connectivity index (χ1) is 13.5. The molecule has 0 saturated carbocycles. The third-order valence-corrected chi connectivity index (χ3v) is 5.34. The summed E-state index contributed by atoms with van der Waals surface area (Å²) in [6.45, 7) is 13.7. The van der Waals surface area contributed by atoms with Crippen LogP contribution >= 0.6 is 0 Å². The zero-order chi connectivity index (χ0) is 22.2. The number of carbonyl (C=O) groups excluding carboxylic acids is 2. The smallest absolute Gasteiger partial charge is 0.313 e. The summed E-state index contributed by atoms with van der Waals surface area (Å²) in [5.41, 5.74) is 0.866. The molecule has 0 aliphatic heterocycles. The SMILES string of the molecule is CC(C)(C)CCCCCCCCC(=O)OC(=O)CCCCCCCCC(C)(C)C. The van der Waals surface area contributed by atoms with Crippen LogP contribution in [0.1, 0.15) is 144 Å². The first kappa shape index (κ1) is 28.1. The summed E-state index contributed by atoms with van der Waals surface area (Å²) in [5.74, 6) is -0.685. The van der Waals surface area contributed by atoms with Gasteiger partial charge in [0.05, 0.1) is 0 Å². The molecule has 0 radical (unpaired) electrons. The Bertz CT molecular complexity index is 386. The number of rotatable bonds is 16. The van der Waals surface area contributed by atoms with Crippen molar-refractivity contribution in [3.05, 3.63) is 0 Å². The zero-order valence-electron chi connectivity index (χ0n) is 20.5. The van der Waals surface area contributed by atoms with Gasteiger partial charge in [-0.1, -0.05) is 106 Å². The summed E-state index contributed by atoms with van der Waals surface area (Å²) in [6, 6.07) is 0. The summed E-state index contributed by atoms with van der Waals surface area (Å²) in [6.07, 6.45) is 17.0. The van der Waals surface area contributed by atoms with Crippen molar-refractivity contribution < 1.29 is 14.3 Å². The number of esters is 2. The average molecular weight is 411 g/mol. The van der Waals surface area contributed by atoms with Crippen LogP contribution in [0.2, 0.25) is 0 Å². The maximum atomic E-state index is 11.7. The summed E-state index contributed by atoms with van der Waals surface area (Å²) in [4.78, 5) is 23.5. The Hall–Kier alpha value is -0.860. The summed E-state index contributed by atoms with van der Waals surface area (Å²) >= 11 is 0. The first-order valence-electron chi connectivity index (χ1n) is 12.2. The van der Waals surface area contributed by atoms with Gasteiger partial charge in [0.2, 0.25) is 0 Å². The number of unbranched alkanes of at least 4 members (excludes halogenated alkanes) is 10. The van der Waals surface area contributed by atoms with Gasteiger partial charge in [-0.05, 0) is 36.5 Å². The highest BCUT2D eigenvalue weighted by Crippen LogP contribution is 2.23. The quantitative estimate of drug-likeness (QED) is 0.146. The maximum Gasteiger partial charge on any atom is 0.313 e. The van der Waals surface area contributed by atoms with Crippen molar-refractivity contribution >= 4 is 11.9 Å². The van der Waals surface area contributed by atoms with Crippen molar-refractivity contribution in [2.75, 3.05) is 0 Å². The van der Waals surface area contributed by atoms with E-state index in [4.69, 9.17) is 4.74 Å². The highest BCUT2D eigenvalue weighted by molar-refractivity contribution is 5.85. The molecule has 0 bridgehead atoms. The lowest BCUT2D eigenvalue weighted by Crippen LogP contribution is -2.11. The molecule has 0 aromatic rings. The molecule has 0 saturated heterocycles. The highest BCUT2D eigenvalue weighted by Gasteiger charge is 2.11. The highest BCUT2D eigenvalue weighted by atomic mass is 16.6. The van der Waals surface area contributed by atoms with Crippen LogP contribution in [0.5, 0.6) is 0 Å². The lowest BCUT2D eigenvalue weighted by atomic mass is 9.89. The summed E-state index contributed by atoms with van der Waals surface area (Å²) in [5, 5.41) is 0. The van der Waals surface area contributed by atoms with Crippen molar-refractivity contribution in [3.63, 3.8) is 0 Å². The van der Waals surface area contributed by atoms with E-state index in [1.54, 1.807) is 0 Å². The molecule has 3 nitrogen and oxygen atoms in total. The van der Waals surface area contributed by atoms with E-state index in [1.165, 1.54) is 64.2 Å². The molecule has 0 aliphatic carbocycles. The maximum absolute atomic E-state index is 11.7. The summed E-state index contributed by atoms with van der Waals surface area (Å²) < 4.78 is 4.94. The lowest BCUT2D eigenvalue weighted by Gasteiger charge is -2.17. The van der Waals surface area contributed by atoms with Crippen LogP contribution in [0.15, 0.2) is 0 Å². The lowest BCUT2D eigenvalue weighted by molar-refractivity contribution is -0.159. The fourth-order valence-corrected chi connectivity index (χ4v) is 3.49. The van der Waals surface area contributed by atoms with Crippen molar-refractivity contribution in [2.24, 2.45) is 10.8 Å². The van der Waals surface area contributed by atoms with Crippen molar-refractivity contribution in [2.45, 2.75) is 144 Å². The number of ether oxygens (including phenoxy) is 1. The van der Waals surface area contributed by atoms with Crippen LogP contribution in [-0.2, 0) is 14.3 Å². The Morgan fingerprint density at radius 2 is 0.759 bits per heavy atom. The Labute approximate surface area is 181 Å². The van der Waals surface area contributed by atoms with Crippen LogP contribution < -0.4 is 0 Å². The Kier molecular flexibility index (Phi) is 15.4. The molecule has 0 aliphatic rings. The van der Waals surface area contributed by atoms with Gasteiger partial charge >= 0.3 is 11.9 Å². The molecule has 0 atom stereocenters. The fourth-order valence-electron chi connectivity index (χ4n) is 3.49. The molecule has 0 fully saturated rings. The van der Waals surface area contributed by atoms with Gasteiger partial charge in [0.1, 0.15) is 0 Å². The van der Waals surface area contributed by atoms with Crippen LogP contribution in [0, 0.1) is 10.8 Å². The average Bonchev–Trinajstić information content (AvgIpc) is 2.57. The van der Waals surface area contributed by atoms with Crippen LogP contribution in [-0.4, -0.2) is 11.9 Å². The van der Waals surface area contributed by atoms with E-state index in [2.05, 4.69) is 41.5 Å². The van der Waals surface area contributed by atoms with Gasteiger partial charge in [0.15, 0.2) is 0 Å². The third-order valence-electron chi connectivity index (χ3n) is 5.34. The van der Waals surface area contributed by atoms with E-state index < -0.39 is 0 Å². The van der Waals surface area contributed by atoms with Crippen molar-refractivity contribution in [1.82, 2.24) is 0 Å². The predicted octanol–water partition coefficient (Wildman–Crippen LogP) is 8.39. The molecule has 0 heterocycles. The standard InChI is InChI=1S/C26H50O3/c1-25(2,3)21-17-13-9-7-11-15-19-23(27)29-24(28)20-16-12-8-10-14-18-22-26(4,5)6/h7-22H2,1-6H3. The van der Waals surface area contributed by atoms with Gasteiger partial charge in [-0.25, -0.2) is 0 Å². The van der Waals surface area contributed by atoms with Crippen LogP contribution in [0.4, 0.5) is 0 Å². The van der Waals surface area contributed by atoms with E-state index in [0.717, 1.165) is 25.7 Å². The normalized spacial score (nSPS) is 12.2. The van der Waals surface area contributed by atoms with Gasteiger partial charge in [-0.15, -0.1) is 0 Å². The van der Waals surface area contributed by atoms with Gasteiger partial charge in [-0.2, -0.15) is 0 Å². The molecule has 0 N–H and O–H groups in total. The second-order valence-corrected chi connectivity index (χ2v) is 11.2. The second-order valence-electron chi connectivity index (χ2n) is 11.2. The fraction of sp³-hybridized carbons (Fsp3) is 0.923. The molecule has 0 rings (SSSR count). The van der Waals surface area contributed by atoms with E-state index in [1.807, 2.05) is 0 Å². The summed E-state index contributed by atoms with van der Waals surface area (Å²) in [7, 11) is 0. The molecule has 0 amide bonds. The van der Waals surface area contributed by atoms with E-state index in [-0.39, 0.29) is 11.9 Å². The number of carbonyl (C=O) groups is 2. The number of hydrogen-bond acceptors (Lipinski definition) is 3. The van der Waals surface area contributed by atoms with Gasteiger partial charge < -0.3 is 4.74 Å². The van der Waals surface area contributed by atoms with E-state index in [9.17, 15) is 9.59 Å². The second kappa shape index (κ2) is 15.9. The molecular weight excluding hydrogens is 360 g/mol. The van der Waals surface area contributed by atoms with Crippen LogP contribution in [0.25, 0.3) is 0 Å². The topological polar surface area (TPSA) is 43.4 Å². The van der Waals surface area contributed by atoms with Gasteiger partial charge in [-0.3, -0.25) is 9.59 Å². The minimum atomic E-state index is -0.343. The molecule has 3 heteroatoms. The Morgan fingerprint density at radius 3 is 1.07 bits per heavy atom. The molecule has 0 aromatic heterocycles. The van der Waals surface area contributed by atoms with E-state index >= 15 is 0 Å². The van der Waals surface area contributed by atoms with Gasteiger partial charge in [0.25, 0.3) is 0 Å². The molecular formula is C26H50O3. The Balaban J connectivity index is 3.44. The molecule has 0 unspecified atom stereocenters. The van der Waals surface area contributed by atoms with Crippen molar-refractivity contribution in [3.8, 4) is 0 Å². The minimum absolute atomic E-state index is 0.343. The zero-order valence-corrected chi connectivity index (χ0v) is 20.5.